The summed E-state index contributed by atoms with van der Waals surface area (Å²) >= 11 is 0. The highest BCUT2D eigenvalue weighted by Gasteiger charge is 2.54. The molecule has 172 valence electrons. The number of hydrogen-bond donors (Lipinski definition) is 2. The van der Waals surface area contributed by atoms with E-state index in [1.165, 1.54) is 0 Å². The fourth-order valence-corrected chi connectivity index (χ4v) is 5.44. The number of urea groups is 1. The quantitative estimate of drug-likeness (QED) is 0.703. The van der Waals surface area contributed by atoms with E-state index in [1.807, 2.05) is 4.90 Å². The Morgan fingerprint density at radius 2 is 1.72 bits per heavy atom. The zero-order valence-electron chi connectivity index (χ0n) is 19.0. The standard InChI is InChI=1S/C24H32N4O4/c1-15-12-16(2)14-27(13-15)21(30)18-8-4-5-9-19(18)25-20(29)17(3)28-22(31)24(26-23(28)32)10-6-7-11-24/h4-5,8-9,15-17H,6-7,10-14H2,1-3H3,(H,25,29)(H,26,32). The molecule has 1 aromatic rings. The predicted molar refractivity (Wildman–Crippen MR) is 120 cm³/mol. The van der Waals surface area contributed by atoms with Gasteiger partial charge in [0, 0.05) is 13.1 Å². The van der Waals surface area contributed by atoms with Gasteiger partial charge in [-0.1, -0.05) is 38.8 Å². The lowest BCUT2D eigenvalue weighted by molar-refractivity contribution is -0.136. The number of carbonyl (C=O) groups is 4. The van der Waals surface area contributed by atoms with Gasteiger partial charge in [0.15, 0.2) is 0 Å². The molecule has 8 nitrogen and oxygen atoms in total. The van der Waals surface area contributed by atoms with Crippen LogP contribution in [0.3, 0.4) is 0 Å². The molecule has 3 atom stereocenters. The molecule has 1 saturated carbocycles. The molecule has 4 rings (SSSR count). The number of rotatable bonds is 4. The molecule has 8 heteroatoms. The van der Waals surface area contributed by atoms with Gasteiger partial charge in [0.05, 0.1) is 11.3 Å². The van der Waals surface area contributed by atoms with Crippen molar-refractivity contribution < 1.29 is 19.2 Å². The second-order valence-electron chi connectivity index (χ2n) is 9.76. The first-order chi connectivity index (χ1) is 15.2. The van der Waals surface area contributed by atoms with Gasteiger partial charge in [-0.2, -0.15) is 0 Å². The van der Waals surface area contributed by atoms with Crippen LogP contribution in [0.5, 0.6) is 0 Å². The first-order valence-corrected chi connectivity index (χ1v) is 11.6. The number of hydrogen-bond acceptors (Lipinski definition) is 4. The Bertz CT molecular complexity index is 930. The van der Waals surface area contributed by atoms with Gasteiger partial charge in [0.1, 0.15) is 11.6 Å². The number of amides is 5. The normalized spacial score (nSPS) is 25.7. The number of piperidine rings is 1. The monoisotopic (exact) mass is 440 g/mol. The molecule has 32 heavy (non-hydrogen) atoms. The zero-order chi connectivity index (χ0) is 23.0. The van der Waals surface area contributed by atoms with Crippen molar-refractivity contribution in [2.75, 3.05) is 18.4 Å². The molecular weight excluding hydrogens is 408 g/mol. The van der Waals surface area contributed by atoms with Gasteiger partial charge in [-0.25, -0.2) is 9.69 Å². The van der Waals surface area contributed by atoms with E-state index in [4.69, 9.17) is 0 Å². The van der Waals surface area contributed by atoms with Crippen LogP contribution in [0.2, 0.25) is 0 Å². The van der Waals surface area contributed by atoms with Crippen LogP contribution in [-0.4, -0.2) is 58.2 Å². The third-order valence-corrected chi connectivity index (χ3v) is 6.99. The van der Waals surface area contributed by atoms with Gasteiger partial charge in [0.2, 0.25) is 5.91 Å². The number of imide groups is 1. The third-order valence-electron chi connectivity index (χ3n) is 6.99. The van der Waals surface area contributed by atoms with E-state index in [9.17, 15) is 19.2 Å². The summed E-state index contributed by atoms with van der Waals surface area (Å²) in [5.74, 6) is -0.0986. The lowest BCUT2D eigenvalue weighted by atomic mass is 9.91. The Morgan fingerprint density at radius 3 is 2.38 bits per heavy atom. The second kappa shape index (κ2) is 8.56. The van der Waals surface area contributed by atoms with Crippen LogP contribution < -0.4 is 10.6 Å². The van der Waals surface area contributed by atoms with Crippen molar-refractivity contribution in [2.24, 2.45) is 11.8 Å². The highest BCUT2D eigenvalue weighted by Crippen LogP contribution is 2.36. The van der Waals surface area contributed by atoms with E-state index in [2.05, 4.69) is 24.5 Å². The summed E-state index contributed by atoms with van der Waals surface area (Å²) in [5, 5.41) is 5.60. The lowest BCUT2D eigenvalue weighted by Gasteiger charge is -2.35. The van der Waals surface area contributed by atoms with Gasteiger partial charge in [0.25, 0.3) is 11.8 Å². The average Bonchev–Trinajstić information content (AvgIpc) is 3.31. The Kier molecular flexibility index (Phi) is 5.97. The smallest absolute Gasteiger partial charge is 0.325 e. The van der Waals surface area contributed by atoms with E-state index in [0.29, 0.717) is 49.0 Å². The highest BCUT2D eigenvalue weighted by atomic mass is 16.2. The maximum absolute atomic E-state index is 13.2. The van der Waals surface area contributed by atoms with Gasteiger partial charge >= 0.3 is 6.03 Å². The van der Waals surface area contributed by atoms with E-state index in [0.717, 1.165) is 24.2 Å². The summed E-state index contributed by atoms with van der Waals surface area (Å²) in [6.45, 7) is 7.19. The van der Waals surface area contributed by atoms with Crippen molar-refractivity contribution in [3.8, 4) is 0 Å². The second-order valence-corrected chi connectivity index (χ2v) is 9.76. The first kappa shape index (κ1) is 22.3. The number of benzene rings is 1. The molecule has 5 amide bonds. The molecule has 3 aliphatic rings. The first-order valence-electron chi connectivity index (χ1n) is 11.6. The fourth-order valence-electron chi connectivity index (χ4n) is 5.44. The van der Waals surface area contributed by atoms with Gasteiger partial charge in [-0.05, 0) is 50.2 Å². The van der Waals surface area contributed by atoms with Crippen molar-refractivity contribution in [3.63, 3.8) is 0 Å². The fraction of sp³-hybridized carbons (Fsp3) is 0.583. The maximum atomic E-state index is 13.2. The van der Waals surface area contributed by atoms with Crippen molar-refractivity contribution >= 4 is 29.4 Å². The minimum atomic E-state index is -0.985. The molecule has 0 aromatic heterocycles. The Morgan fingerprint density at radius 1 is 1.09 bits per heavy atom. The topological polar surface area (TPSA) is 98.8 Å². The Labute approximate surface area is 188 Å². The molecule has 0 radical (unpaired) electrons. The summed E-state index contributed by atoms with van der Waals surface area (Å²) < 4.78 is 0. The highest BCUT2D eigenvalue weighted by molar-refractivity contribution is 6.12. The van der Waals surface area contributed by atoms with Crippen LogP contribution in [0.4, 0.5) is 10.5 Å². The van der Waals surface area contributed by atoms with Crippen LogP contribution in [-0.2, 0) is 9.59 Å². The number of likely N-dealkylation sites (tertiary alicyclic amines) is 1. The molecule has 2 saturated heterocycles. The van der Waals surface area contributed by atoms with E-state index in [1.54, 1.807) is 31.2 Å². The molecule has 0 bridgehead atoms. The van der Waals surface area contributed by atoms with Crippen LogP contribution in [0, 0.1) is 11.8 Å². The Hall–Kier alpha value is -2.90. The summed E-state index contributed by atoms with van der Waals surface area (Å²) in [5.41, 5.74) is -0.0529. The lowest BCUT2D eigenvalue weighted by Crippen LogP contribution is -2.48. The molecule has 3 unspecified atom stereocenters. The SMILES string of the molecule is CC1CC(C)CN(C(=O)c2ccccc2NC(=O)C(C)N2C(=O)NC3(CCCC3)C2=O)C1. The molecule has 1 spiro atoms. The van der Waals surface area contributed by atoms with Gasteiger partial charge < -0.3 is 15.5 Å². The third kappa shape index (κ3) is 3.98. The van der Waals surface area contributed by atoms with E-state index < -0.39 is 23.5 Å². The summed E-state index contributed by atoms with van der Waals surface area (Å²) in [4.78, 5) is 54.7. The van der Waals surface area contributed by atoms with Crippen molar-refractivity contribution in [3.05, 3.63) is 29.8 Å². The van der Waals surface area contributed by atoms with Crippen molar-refractivity contribution in [2.45, 2.75) is 64.5 Å². The van der Waals surface area contributed by atoms with Crippen LogP contribution in [0.1, 0.15) is 63.2 Å². The number of nitrogens with one attached hydrogen (secondary N) is 2. The molecule has 1 aliphatic carbocycles. The van der Waals surface area contributed by atoms with Crippen molar-refractivity contribution in [1.29, 1.82) is 0 Å². The molecule has 3 fully saturated rings. The molecular formula is C24H32N4O4. The molecule has 1 aromatic carbocycles. The summed E-state index contributed by atoms with van der Waals surface area (Å²) in [6.07, 6.45) is 4.05. The van der Waals surface area contributed by atoms with Crippen molar-refractivity contribution in [1.82, 2.24) is 15.1 Å². The summed E-state index contributed by atoms with van der Waals surface area (Å²) in [6, 6.07) is 5.39. The largest absolute Gasteiger partial charge is 0.338 e. The summed E-state index contributed by atoms with van der Waals surface area (Å²) in [7, 11) is 0. The average molecular weight is 441 g/mol. The van der Waals surface area contributed by atoms with Gasteiger partial charge in [-0.15, -0.1) is 0 Å². The minimum Gasteiger partial charge on any atom is -0.338 e. The van der Waals surface area contributed by atoms with E-state index in [-0.39, 0.29) is 11.8 Å². The Balaban J connectivity index is 1.50. The molecule has 2 N–H and O–H groups in total. The maximum Gasteiger partial charge on any atom is 0.325 e. The van der Waals surface area contributed by atoms with Crippen LogP contribution >= 0.6 is 0 Å². The number of para-hydroxylation sites is 1. The van der Waals surface area contributed by atoms with Crippen LogP contribution in [0.25, 0.3) is 0 Å². The van der Waals surface area contributed by atoms with Gasteiger partial charge in [-0.3, -0.25) is 14.4 Å². The predicted octanol–water partition coefficient (Wildman–Crippen LogP) is 3.00. The number of anilines is 1. The van der Waals surface area contributed by atoms with E-state index >= 15 is 0 Å². The molecule has 2 heterocycles. The zero-order valence-corrected chi connectivity index (χ0v) is 19.0. The number of nitrogens with zero attached hydrogens (tertiary/aromatic N) is 2. The minimum absolute atomic E-state index is 0.119. The van der Waals surface area contributed by atoms with Crippen LogP contribution in [0.15, 0.2) is 24.3 Å². The molecule has 2 aliphatic heterocycles. The number of carbonyl (C=O) groups excluding carboxylic acids is 4.